The van der Waals surface area contributed by atoms with Crippen LogP contribution in [0.15, 0.2) is 18.2 Å². The highest BCUT2D eigenvalue weighted by atomic mass is 32.2. The van der Waals surface area contributed by atoms with Crippen molar-refractivity contribution in [1.82, 2.24) is 10.2 Å². The van der Waals surface area contributed by atoms with Crippen LogP contribution in [-0.4, -0.2) is 43.3 Å². The predicted octanol–water partition coefficient (Wildman–Crippen LogP) is -0.00780. The molecule has 1 fully saturated rings. The van der Waals surface area contributed by atoms with Crippen molar-refractivity contribution in [3.63, 3.8) is 0 Å². The van der Waals surface area contributed by atoms with E-state index in [-0.39, 0.29) is 30.5 Å². The number of hydrogen-bond acceptors (Lipinski definition) is 5. The van der Waals surface area contributed by atoms with Crippen molar-refractivity contribution in [2.24, 2.45) is 0 Å². The summed E-state index contributed by atoms with van der Waals surface area (Å²) in [5, 5.41) is 2.24. The van der Waals surface area contributed by atoms with Gasteiger partial charge in [0, 0.05) is 24.8 Å². The van der Waals surface area contributed by atoms with Crippen LogP contribution in [0.25, 0.3) is 0 Å². The summed E-state index contributed by atoms with van der Waals surface area (Å²) in [7, 11) is -3.16. The van der Waals surface area contributed by atoms with Crippen LogP contribution in [0.2, 0.25) is 0 Å². The molecule has 2 aliphatic heterocycles. The van der Waals surface area contributed by atoms with Crippen LogP contribution in [0.3, 0.4) is 0 Å². The van der Waals surface area contributed by atoms with Gasteiger partial charge in [0.05, 0.1) is 5.75 Å². The fourth-order valence-corrected chi connectivity index (χ4v) is 3.81. The number of piperidine rings is 1. The first kappa shape index (κ1) is 15.7. The Labute approximate surface area is 133 Å². The average molecular weight is 336 g/mol. The molecule has 1 saturated heterocycles. The summed E-state index contributed by atoms with van der Waals surface area (Å²) < 4.78 is 22.8. The van der Waals surface area contributed by atoms with Gasteiger partial charge in [-0.2, -0.15) is 0 Å². The minimum Gasteiger partial charge on any atom is -0.322 e. The Morgan fingerprint density at radius 3 is 2.65 bits per heavy atom. The molecule has 23 heavy (non-hydrogen) atoms. The second-order valence-corrected chi connectivity index (χ2v) is 8.10. The maximum atomic E-state index is 12.5. The van der Waals surface area contributed by atoms with Crippen molar-refractivity contribution >= 4 is 27.6 Å². The molecule has 0 aliphatic carbocycles. The number of amides is 3. The molecule has 0 aromatic heterocycles. The van der Waals surface area contributed by atoms with Gasteiger partial charge in [-0.1, -0.05) is 12.1 Å². The zero-order chi connectivity index (χ0) is 16.8. The zero-order valence-corrected chi connectivity index (χ0v) is 13.4. The van der Waals surface area contributed by atoms with E-state index in [1.54, 1.807) is 18.2 Å². The normalized spacial score (nSPS) is 21.3. The molecule has 2 aliphatic rings. The second-order valence-electron chi connectivity index (χ2n) is 5.96. The molecular formula is C15H16N2O5S. The number of rotatable bonds is 3. The van der Waals surface area contributed by atoms with Crippen LogP contribution in [0, 0.1) is 0 Å². The van der Waals surface area contributed by atoms with Gasteiger partial charge in [-0.15, -0.1) is 0 Å². The molecule has 1 aromatic rings. The van der Waals surface area contributed by atoms with Crippen LogP contribution in [0.5, 0.6) is 0 Å². The molecule has 1 unspecified atom stereocenters. The molecule has 122 valence electrons. The van der Waals surface area contributed by atoms with E-state index in [0.29, 0.717) is 23.1 Å². The highest BCUT2D eigenvalue weighted by Crippen LogP contribution is 2.28. The molecule has 0 bridgehead atoms. The molecular weight excluding hydrogens is 320 g/mol. The van der Waals surface area contributed by atoms with Crippen LogP contribution < -0.4 is 5.32 Å². The van der Waals surface area contributed by atoms with Crippen molar-refractivity contribution in [3.05, 3.63) is 34.9 Å². The lowest BCUT2D eigenvalue weighted by Gasteiger charge is -2.29. The van der Waals surface area contributed by atoms with Gasteiger partial charge in [-0.05, 0) is 23.6 Å². The second kappa shape index (κ2) is 5.45. The van der Waals surface area contributed by atoms with Gasteiger partial charge in [0.15, 0.2) is 9.84 Å². The molecule has 0 spiro atoms. The number of nitrogens with zero attached hydrogens (tertiary/aromatic N) is 1. The summed E-state index contributed by atoms with van der Waals surface area (Å²) in [4.78, 5) is 37.1. The molecule has 7 nitrogen and oxygen atoms in total. The molecule has 1 aromatic carbocycles. The number of nitrogens with one attached hydrogen (secondary N) is 1. The third-order valence-corrected chi connectivity index (χ3v) is 4.87. The summed E-state index contributed by atoms with van der Waals surface area (Å²) in [6.07, 6.45) is 1.66. The maximum absolute atomic E-state index is 12.5. The maximum Gasteiger partial charge on any atom is 0.255 e. The fourth-order valence-electron chi connectivity index (χ4n) is 3.02. The summed E-state index contributed by atoms with van der Waals surface area (Å²) in [5.41, 5.74) is 1.80. The first-order valence-electron chi connectivity index (χ1n) is 7.19. The summed E-state index contributed by atoms with van der Waals surface area (Å²) in [6, 6.07) is 4.25. The first-order valence-corrected chi connectivity index (χ1v) is 9.25. The number of fused-ring (bicyclic) bond motifs is 1. The Balaban J connectivity index is 1.84. The van der Waals surface area contributed by atoms with Crippen molar-refractivity contribution in [2.75, 3.05) is 6.26 Å². The summed E-state index contributed by atoms with van der Waals surface area (Å²) in [5.74, 6) is -1.14. The molecule has 1 atom stereocenters. The number of imide groups is 1. The van der Waals surface area contributed by atoms with Crippen molar-refractivity contribution in [3.8, 4) is 0 Å². The molecule has 1 N–H and O–H groups in total. The topological polar surface area (TPSA) is 101 Å². The van der Waals surface area contributed by atoms with Crippen LogP contribution in [0.4, 0.5) is 0 Å². The number of carbonyl (C=O) groups is 3. The molecule has 3 rings (SSSR count). The van der Waals surface area contributed by atoms with E-state index in [1.165, 1.54) is 4.90 Å². The number of benzene rings is 1. The first-order chi connectivity index (χ1) is 10.7. The lowest BCUT2D eigenvalue weighted by Crippen LogP contribution is -2.52. The smallest absolute Gasteiger partial charge is 0.255 e. The number of carbonyl (C=O) groups excluding carboxylic acids is 3. The van der Waals surface area contributed by atoms with Crippen molar-refractivity contribution in [1.29, 1.82) is 0 Å². The highest BCUT2D eigenvalue weighted by Gasteiger charge is 2.39. The molecule has 2 heterocycles. The number of hydrogen-bond donors (Lipinski definition) is 1. The molecule has 0 radical (unpaired) electrons. The van der Waals surface area contributed by atoms with Gasteiger partial charge in [0.25, 0.3) is 5.91 Å². The summed E-state index contributed by atoms with van der Waals surface area (Å²) in [6.45, 7) is 0.248. The van der Waals surface area contributed by atoms with Crippen molar-refractivity contribution in [2.45, 2.75) is 31.2 Å². The van der Waals surface area contributed by atoms with Gasteiger partial charge >= 0.3 is 0 Å². The Kier molecular flexibility index (Phi) is 3.71. The Hall–Kier alpha value is -2.22. The molecule has 0 saturated carbocycles. The Morgan fingerprint density at radius 2 is 2.00 bits per heavy atom. The minimum atomic E-state index is -3.16. The largest absolute Gasteiger partial charge is 0.322 e. The Bertz CT molecular complexity index is 815. The van der Waals surface area contributed by atoms with E-state index in [2.05, 4.69) is 5.32 Å². The zero-order valence-electron chi connectivity index (χ0n) is 12.5. The number of sulfone groups is 1. The Morgan fingerprint density at radius 1 is 1.26 bits per heavy atom. The van der Waals surface area contributed by atoms with Gasteiger partial charge in [0.2, 0.25) is 11.8 Å². The molecule has 3 amide bonds. The molecule has 8 heteroatoms. The average Bonchev–Trinajstić information content (AvgIpc) is 2.74. The SMILES string of the molecule is CS(=O)(=O)Cc1ccc2c(c1)CN(C1CCC(=O)NC1=O)C2=O. The van der Waals surface area contributed by atoms with Gasteiger partial charge in [0.1, 0.15) is 6.04 Å². The third kappa shape index (κ3) is 3.12. The van der Waals surface area contributed by atoms with Crippen molar-refractivity contribution < 1.29 is 22.8 Å². The van der Waals surface area contributed by atoms with Gasteiger partial charge in [-0.3, -0.25) is 19.7 Å². The lowest BCUT2D eigenvalue weighted by atomic mass is 10.0. The highest BCUT2D eigenvalue weighted by molar-refractivity contribution is 7.89. The van der Waals surface area contributed by atoms with Gasteiger partial charge in [-0.25, -0.2) is 8.42 Å². The fraction of sp³-hybridized carbons (Fsp3) is 0.400. The third-order valence-electron chi connectivity index (χ3n) is 4.02. The van der Waals surface area contributed by atoms with Gasteiger partial charge < -0.3 is 4.90 Å². The van der Waals surface area contributed by atoms with E-state index in [0.717, 1.165) is 6.26 Å². The lowest BCUT2D eigenvalue weighted by molar-refractivity contribution is -0.136. The quantitative estimate of drug-likeness (QED) is 0.783. The van der Waals surface area contributed by atoms with E-state index in [9.17, 15) is 22.8 Å². The predicted molar refractivity (Wildman–Crippen MR) is 81.0 cm³/mol. The van der Waals surface area contributed by atoms with E-state index in [4.69, 9.17) is 0 Å². The van der Waals surface area contributed by atoms with E-state index < -0.39 is 21.8 Å². The van der Waals surface area contributed by atoms with Crippen LogP contribution in [-0.2, 0) is 31.7 Å². The van der Waals surface area contributed by atoms with E-state index >= 15 is 0 Å². The standard InChI is InChI=1S/C15H16N2O5S/c1-23(21,22)8-9-2-3-11-10(6-9)7-17(15(11)20)12-4-5-13(18)16-14(12)19/h2-3,6,12H,4-5,7-8H2,1H3,(H,16,18,19). The van der Waals surface area contributed by atoms with E-state index in [1.807, 2.05) is 0 Å². The summed E-state index contributed by atoms with van der Waals surface area (Å²) >= 11 is 0. The monoisotopic (exact) mass is 336 g/mol. The van der Waals surface area contributed by atoms with Crippen LogP contribution in [0.1, 0.15) is 34.3 Å². The minimum absolute atomic E-state index is 0.0904. The van der Waals surface area contributed by atoms with Crippen LogP contribution >= 0.6 is 0 Å².